The van der Waals surface area contributed by atoms with Gasteiger partial charge in [-0.3, -0.25) is 4.21 Å². The first-order valence-corrected chi connectivity index (χ1v) is 10.7. The normalized spacial score (nSPS) is 23.8. The van der Waals surface area contributed by atoms with Gasteiger partial charge in [-0.15, -0.1) is 0 Å². The molecular weight excluding hydrogens is 344 g/mol. The molecular formula is C21H24N2O2S. The Morgan fingerprint density at radius 3 is 1.62 bits per heavy atom. The van der Waals surface area contributed by atoms with Gasteiger partial charge in [-0.1, -0.05) is 60.7 Å². The number of amides is 2. The molecule has 0 spiro atoms. The Labute approximate surface area is 157 Å². The van der Waals surface area contributed by atoms with Crippen LogP contribution in [0.3, 0.4) is 0 Å². The van der Waals surface area contributed by atoms with Crippen molar-refractivity contribution in [1.82, 2.24) is 9.80 Å². The van der Waals surface area contributed by atoms with Crippen molar-refractivity contribution in [2.24, 2.45) is 0 Å². The fourth-order valence-electron chi connectivity index (χ4n) is 4.10. The highest BCUT2D eigenvalue weighted by Gasteiger charge is 2.46. The van der Waals surface area contributed by atoms with Gasteiger partial charge in [0, 0.05) is 35.4 Å². The van der Waals surface area contributed by atoms with Crippen molar-refractivity contribution in [3.63, 3.8) is 0 Å². The van der Waals surface area contributed by atoms with E-state index in [1.165, 1.54) is 0 Å². The second kappa shape index (κ2) is 7.62. The van der Waals surface area contributed by atoms with E-state index in [9.17, 15) is 9.00 Å². The Morgan fingerprint density at radius 1 is 0.769 bits per heavy atom. The Hall–Kier alpha value is -2.14. The molecule has 2 saturated heterocycles. The first-order chi connectivity index (χ1) is 12.7. The molecule has 2 aliphatic rings. The van der Waals surface area contributed by atoms with E-state index in [0.29, 0.717) is 24.6 Å². The maximum Gasteiger partial charge on any atom is 0.321 e. The van der Waals surface area contributed by atoms with E-state index >= 15 is 0 Å². The SMILES string of the molecule is O=C1N(Cc2ccccc2)[C@@H]2CCS(=O)CC[C@H]2N1Cc1ccccc1. The zero-order valence-electron chi connectivity index (χ0n) is 14.8. The average Bonchev–Trinajstić information content (AvgIpc) is 2.80. The van der Waals surface area contributed by atoms with Crippen LogP contribution < -0.4 is 0 Å². The van der Waals surface area contributed by atoms with Crippen molar-refractivity contribution in [2.75, 3.05) is 11.5 Å². The van der Waals surface area contributed by atoms with Gasteiger partial charge in [-0.2, -0.15) is 0 Å². The number of nitrogens with zero attached hydrogens (tertiary/aromatic N) is 2. The Morgan fingerprint density at radius 2 is 1.19 bits per heavy atom. The Kier molecular flexibility index (Phi) is 5.07. The third-order valence-electron chi connectivity index (χ3n) is 5.41. The number of carbonyl (C=O) groups excluding carboxylic acids is 1. The summed E-state index contributed by atoms with van der Waals surface area (Å²) in [6, 6.07) is 20.7. The number of rotatable bonds is 4. The fraction of sp³-hybridized carbons (Fsp3) is 0.381. The zero-order valence-corrected chi connectivity index (χ0v) is 15.6. The van der Waals surface area contributed by atoms with E-state index in [-0.39, 0.29) is 18.1 Å². The number of urea groups is 1. The number of carbonyl (C=O) groups is 1. The van der Waals surface area contributed by atoms with Gasteiger partial charge in [-0.25, -0.2) is 4.79 Å². The summed E-state index contributed by atoms with van der Waals surface area (Å²) in [5.41, 5.74) is 2.29. The lowest BCUT2D eigenvalue weighted by atomic mass is 10.0. The number of fused-ring (bicyclic) bond motifs is 1. The van der Waals surface area contributed by atoms with Crippen molar-refractivity contribution >= 4 is 16.8 Å². The summed E-state index contributed by atoms with van der Waals surface area (Å²) in [4.78, 5) is 17.3. The van der Waals surface area contributed by atoms with Gasteiger partial charge in [0.1, 0.15) is 0 Å². The van der Waals surface area contributed by atoms with Crippen LogP contribution in [-0.2, 0) is 23.9 Å². The van der Waals surface area contributed by atoms with Crippen LogP contribution in [0.4, 0.5) is 4.79 Å². The quantitative estimate of drug-likeness (QED) is 0.830. The summed E-state index contributed by atoms with van der Waals surface area (Å²) >= 11 is 0. The number of hydrogen-bond acceptors (Lipinski definition) is 2. The van der Waals surface area contributed by atoms with Gasteiger partial charge >= 0.3 is 6.03 Å². The molecule has 0 N–H and O–H groups in total. The predicted octanol–water partition coefficient (Wildman–Crippen LogP) is 3.40. The van der Waals surface area contributed by atoms with Crippen LogP contribution in [0.1, 0.15) is 24.0 Å². The molecule has 2 atom stereocenters. The van der Waals surface area contributed by atoms with E-state index in [0.717, 1.165) is 24.0 Å². The van der Waals surface area contributed by atoms with Crippen molar-refractivity contribution in [3.05, 3.63) is 71.8 Å². The van der Waals surface area contributed by atoms with Crippen LogP contribution in [0.5, 0.6) is 0 Å². The highest BCUT2D eigenvalue weighted by molar-refractivity contribution is 7.84. The van der Waals surface area contributed by atoms with Gasteiger partial charge in [0.15, 0.2) is 0 Å². The van der Waals surface area contributed by atoms with Crippen molar-refractivity contribution in [1.29, 1.82) is 0 Å². The van der Waals surface area contributed by atoms with Crippen LogP contribution in [0.15, 0.2) is 60.7 Å². The molecule has 136 valence electrons. The summed E-state index contributed by atoms with van der Waals surface area (Å²) in [5.74, 6) is 1.39. The molecule has 4 nitrogen and oxygen atoms in total. The minimum absolute atomic E-state index is 0.111. The molecule has 5 heteroatoms. The molecule has 2 amide bonds. The Bertz CT molecular complexity index is 718. The van der Waals surface area contributed by atoms with Crippen LogP contribution in [0.2, 0.25) is 0 Å². The molecule has 0 unspecified atom stereocenters. The zero-order chi connectivity index (χ0) is 17.9. The molecule has 4 rings (SSSR count). The predicted molar refractivity (Wildman–Crippen MR) is 104 cm³/mol. The van der Waals surface area contributed by atoms with Crippen molar-refractivity contribution in [2.45, 2.75) is 38.0 Å². The summed E-state index contributed by atoms with van der Waals surface area (Å²) < 4.78 is 12.1. The monoisotopic (exact) mass is 368 g/mol. The second-order valence-electron chi connectivity index (χ2n) is 7.07. The van der Waals surface area contributed by atoms with Gasteiger partial charge in [0.25, 0.3) is 0 Å². The van der Waals surface area contributed by atoms with Crippen LogP contribution in [0, 0.1) is 0 Å². The molecule has 2 heterocycles. The summed E-state index contributed by atoms with van der Waals surface area (Å²) in [6.07, 6.45) is 1.64. The molecule has 26 heavy (non-hydrogen) atoms. The third kappa shape index (κ3) is 3.54. The molecule has 0 aliphatic carbocycles. The minimum Gasteiger partial charge on any atom is -0.315 e. The average molecular weight is 369 g/mol. The first kappa shape index (κ1) is 17.3. The van der Waals surface area contributed by atoms with Crippen molar-refractivity contribution in [3.8, 4) is 0 Å². The maximum absolute atomic E-state index is 13.3. The number of hydrogen-bond donors (Lipinski definition) is 0. The summed E-state index contributed by atoms with van der Waals surface area (Å²) in [5, 5.41) is 0. The van der Waals surface area contributed by atoms with Gasteiger partial charge < -0.3 is 9.80 Å². The number of benzene rings is 2. The second-order valence-corrected chi connectivity index (χ2v) is 8.77. The minimum atomic E-state index is -0.765. The molecule has 0 bridgehead atoms. The molecule has 0 saturated carbocycles. The molecule has 2 aromatic carbocycles. The Balaban J connectivity index is 1.61. The lowest BCUT2D eigenvalue weighted by molar-refractivity contribution is 0.180. The highest BCUT2D eigenvalue weighted by Crippen LogP contribution is 2.32. The van der Waals surface area contributed by atoms with Gasteiger partial charge in [-0.05, 0) is 24.0 Å². The molecule has 0 radical (unpaired) electrons. The largest absolute Gasteiger partial charge is 0.321 e. The van der Waals surface area contributed by atoms with Crippen LogP contribution >= 0.6 is 0 Å². The fourth-order valence-corrected chi connectivity index (χ4v) is 5.31. The summed E-state index contributed by atoms with van der Waals surface area (Å²) in [6.45, 7) is 1.25. The van der Waals surface area contributed by atoms with E-state index in [1.807, 2.05) is 46.2 Å². The van der Waals surface area contributed by atoms with Gasteiger partial charge in [0.2, 0.25) is 0 Å². The van der Waals surface area contributed by atoms with E-state index in [4.69, 9.17) is 0 Å². The topological polar surface area (TPSA) is 40.6 Å². The standard InChI is InChI=1S/C21H24N2O2S/c24-21-22(15-17-7-3-1-4-8-17)19-11-13-26(25)14-12-20(19)23(21)16-18-9-5-2-6-10-18/h1-10,19-20H,11-16H2/t19-,20-/m1/s1. The molecule has 2 aliphatic heterocycles. The van der Waals surface area contributed by atoms with E-state index in [1.54, 1.807) is 0 Å². The molecule has 2 fully saturated rings. The van der Waals surface area contributed by atoms with Crippen molar-refractivity contribution < 1.29 is 9.00 Å². The highest BCUT2D eigenvalue weighted by atomic mass is 32.2. The van der Waals surface area contributed by atoms with Crippen LogP contribution in [0.25, 0.3) is 0 Å². The smallest absolute Gasteiger partial charge is 0.315 e. The molecule has 0 aromatic heterocycles. The maximum atomic E-state index is 13.3. The van der Waals surface area contributed by atoms with E-state index in [2.05, 4.69) is 24.3 Å². The molecule has 2 aromatic rings. The van der Waals surface area contributed by atoms with Gasteiger partial charge in [0.05, 0.1) is 12.1 Å². The lowest BCUT2D eigenvalue weighted by Gasteiger charge is -2.25. The third-order valence-corrected chi connectivity index (χ3v) is 6.79. The van der Waals surface area contributed by atoms with Crippen LogP contribution in [-0.4, -0.2) is 43.6 Å². The summed E-state index contributed by atoms with van der Waals surface area (Å²) in [7, 11) is -0.765. The lowest BCUT2D eigenvalue weighted by Crippen LogP contribution is -2.36. The first-order valence-electron chi connectivity index (χ1n) is 9.22. The van der Waals surface area contributed by atoms with E-state index < -0.39 is 10.8 Å².